The lowest BCUT2D eigenvalue weighted by atomic mass is 10.2. The number of aliphatic imine (C=N–C) groups is 2. The van der Waals surface area contributed by atoms with E-state index < -0.39 is 0 Å². The van der Waals surface area contributed by atoms with Crippen LogP contribution in [-0.2, 0) is 9.59 Å². The van der Waals surface area contributed by atoms with Gasteiger partial charge in [0.05, 0.1) is 16.4 Å². The summed E-state index contributed by atoms with van der Waals surface area (Å²) in [7, 11) is 0. The molecule has 14 heavy (non-hydrogen) atoms. The van der Waals surface area contributed by atoms with Gasteiger partial charge in [0.15, 0.2) is 0 Å². The Bertz CT molecular complexity index is 458. The number of hydrogen-bond acceptors (Lipinski definition) is 4. The first-order valence-electron chi connectivity index (χ1n) is 3.65. The van der Waals surface area contributed by atoms with Crippen LogP contribution in [0.15, 0.2) is 22.1 Å². The van der Waals surface area contributed by atoms with Crippen molar-refractivity contribution in [2.75, 3.05) is 0 Å². The fourth-order valence-corrected chi connectivity index (χ4v) is 1.13. The molecule has 1 rings (SSSR count). The fraction of sp³-hybridized carbons (Fsp3) is 0.111. The molecule has 70 valence electrons. The second-order valence-corrected chi connectivity index (χ2v) is 2.88. The lowest BCUT2D eigenvalue weighted by molar-refractivity contribution is 0.565. The highest BCUT2D eigenvalue weighted by atomic mass is 35.5. The van der Waals surface area contributed by atoms with Crippen molar-refractivity contribution < 1.29 is 9.59 Å². The van der Waals surface area contributed by atoms with Crippen molar-refractivity contribution in [1.82, 2.24) is 0 Å². The number of isocyanates is 2. The lowest BCUT2D eigenvalue weighted by Gasteiger charge is -2.01. The van der Waals surface area contributed by atoms with E-state index >= 15 is 0 Å². The Hall–Kier alpha value is -1.73. The first-order valence-corrected chi connectivity index (χ1v) is 4.02. The second kappa shape index (κ2) is 4.49. The molecular weight excluding hydrogens is 204 g/mol. The maximum Gasteiger partial charge on any atom is 0.240 e. The molecule has 0 radical (unpaired) electrons. The Morgan fingerprint density at radius 3 is 2.43 bits per heavy atom. The van der Waals surface area contributed by atoms with Gasteiger partial charge >= 0.3 is 0 Å². The normalized spacial score (nSPS) is 8.71. The zero-order valence-electron chi connectivity index (χ0n) is 7.24. The number of hydrogen-bond donors (Lipinski definition) is 0. The number of carbonyl (C=O) groups excluding carboxylic acids is 2. The molecule has 0 bridgehead atoms. The zero-order chi connectivity index (χ0) is 10.6. The van der Waals surface area contributed by atoms with Gasteiger partial charge in [-0.3, -0.25) is 0 Å². The van der Waals surface area contributed by atoms with E-state index in [0.717, 1.165) is 0 Å². The summed E-state index contributed by atoms with van der Waals surface area (Å²) in [4.78, 5) is 26.8. The van der Waals surface area contributed by atoms with Crippen LogP contribution in [0.4, 0.5) is 11.4 Å². The van der Waals surface area contributed by atoms with Crippen LogP contribution >= 0.6 is 11.6 Å². The van der Waals surface area contributed by atoms with Crippen LogP contribution in [0.1, 0.15) is 5.56 Å². The third kappa shape index (κ3) is 2.15. The Balaban J connectivity index is 3.41. The Morgan fingerprint density at radius 1 is 1.21 bits per heavy atom. The van der Waals surface area contributed by atoms with Gasteiger partial charge in [0.25, 0.3) is 0 Å². The number of benzene rings is 1. The monoisotopic (exact) mass is 208 g/mol. The van der Waals surface area contributed by atoms with Crippen molar-refractivity contribution in [3.63, 3.8) is 0 Å². The number of aryl methyl sites for hydroxylation is 1. The average molecular weight is 209 g/mol. The van der Waals surface area contributed by atoms with Gasteiger partial charge < -0.3 is 0 Å². The topological polar surface area (TPSA) is 58.9 Å². The van der Waals surface area contributed by atoms with Gasteiger partial charge in [-0.05, 0) is 24.6 Å². The van der Waals surface area contributed by atoms with E-state index in [1.54, 1.807) is 13.0 Å². The molecule has 0 heterocycles. The van der Waals surface area contributed by atoms with Crippen LogP contribution in [0.2, 0.25) is 5.02 Å². The minimum Gasteiger partial charge on any atom is -0.211 e. The van der Waals surface area contributed by atoms with Crippen molar-refractivity contribution >= 4 is 35.1 Å². The van der Waals surface area contributed by atoms with Crippen LogP contribution in [0.5, 0.6) is 0 Å². The quantitative estimate of drug-likeness (QED) is 0.554. The fourth-order valence-electron chi connectivity index (χ4n) is 0.980. The molecule has 0 aliphatic rings. The van der Waals surface area contributed by atoms with Gasteiger partial charge in [0.2, 0.25) is 12.2 Å². The summed E-state index contributed by atoms with van der Waals surface area (Å²) in [6.45, 7) is 1.72. The largest absolute Gasteiger partial charge is 0.240 e. The molecule has 0 fully saturated rings. The maximum absolute atomic E-state index is 10.0. The molecule has 1 aromatic carbocycles. The lowest BCUT2D eigenvalue weighted by Crippen LogP contribution is -1.76. The minimum atomic E-state index is 0.246. The van der Waals surface area contributed by atoms with E-state index in [9.17, 15) is 9.59 Å². The zero-order valence-corrected chi connectivity index (χ0v) is 8.00. The molecule has 0 aliphatic heterocycles. The Labute approximate surface area is 84.9 Å². The number of nitrogens with zero attached hydrogens (tertiary/aromatic N) is 2. The van der Waals surface area contributed by atoms with Crippen LogP contribution in [-0.4, -0.2) is 12.2 Å². The van der Waals surface area contributed by atoms with Gasteiger partial charge in [-0.2, -0.15) is 9.98 Å². The van der Waals surface area contributed by atoms with Crippen molar-refractivity contribution in [2.24, 2.45) is 9.98 Å². The van der Waals surface area contributed by atoms with Gasteiger partial charge in [0, 0.05) is 0 Å². The molecule has 0 saturated carbocycles. The van der Waals surface area contributed by atoms with E-state index in [1.165, 1.54) is 18.2 Å². The molecular formula is C9H5ClN2O2. The highest BCUT2D eigenvalue weighted by Gasteiger charge is 2.04. The van der Waals surface area contributed by atoms with Crippen molar-refractivity contribution in [1.29, 1.82) is 0 Å². The average Bonchev–Trinajstić information content (AvgIpc) is 2.14. The smallest absolute Gasteiger partial charge is 0.211 e. The van der Waals surface area contributed by atoms with Gasteiger partial charge in [-0.1, -0.05) is 11.6 Å². The van der Waals surface area contributed by atoms with Crippen LogP contribution in [0.3, 0.4) is 0 Å². The van der Waals surface area contributed by atoms with Gasteiger partial charge in [-0.15, -0.1) is 0 Å². The maximum atomic E-state index is 10.0. The summed E-state index contributed by atoms with van der Waals surface area (Å²) in [5.74, 6) is 0. The van der Waals surface area contributed by atoms with E-state index in [4.69, 9.17) is 11.6 Å². The number of rotatable bonds is 2. The van der Waals surface area contributed by atoms with E-state index in [0.29, 0.717) is 16.3 Å². The van der Waals surface area contributed by atoms with E-state index in [1.807, 2.05) is 0 Å². The minimum absolute atomic E-state index is 0.246. The van der Waals surface area contributed by atoms with E-state index in [-0.39, 0.29) is 5.69 Å². The van der Waals surface area contributed by atoms with Crippen LogP contribution < -0.4 is 0 Å². The molecule has 0 saturated heterocycles. The van der Waals surface area contributed by atoms with Crippen LogP contribution in [0, 0.1) is 6.92 Å². The van der Waals surface area contributed by atoms with Crippen LogP contribution in [0.25, 0.3) is 0 Å². The molecule has 0 amide bonds. The molecule has 0 aromatic heterocycles. The molecule has 1 aromatic rings. The molecule has 0 spiro atoms. The molecule has 0 N–H and O–H groups in total. The van der Waals surface area contributed by atoms with Crippen molar-refractivity contribution in [3.05, 3.63) is 22.7 Å². The summed E-state index contributed by atoms with van der Waals surface area (Å²) in [5.41, 5.74) is 1.28. The Morgan fingerprint density at radius 2 is 1.86 bits per heavy atom. The summed E-state index contributed by atoms with van der Waals surface area (Å²) in [6.07, 6.45) is 2.76. The predicted molar refractivity (Wildman–Crippen MR) is 51.8 cm³/mol. The summed E-state index contributed by atoms with van der Waals surface area (Å²) in [5, 5.41) is 0.346. The summed E-state index contributed by atoms with van der Waals surface area (Å²) < 4.78 is 0. The number of halogens is 1. The molecule has 0 atom stereocenters. The second-order valence-electron chi connectivity index (χ2n) is 2.50. The summed E-state index contributed by atoms with van der Waals surface area (Å²) in [6, 6.07) is 3.00. The first-order chi connectivity index (χ1) is 6.69. The highest BCUT2D eigenvalue weighted by Crippen LogP contribution is 2.32. The van der Waals surface area contributed by atoms with Crippen molar-refractivity contribution in [3.8, 4) is 0 Å². The molecule has 5 heteroatoms. The highest BCUT2D eigenvalue weighted by molar-refractivity contribution is 6.33. The summed E-state index contributed by atoms with van der Waals surface area (Å²) >= 11 is 5.83. The predicted octanol–water partition coefficient (Wildman–Crippen LogP) is 2.58. The van der Waals surface area contributed by atoms with Crippen molar-refractivity contribution in [2.45, 2.75) is 6.92 Å². The SMILES string of the molecule is Cc1cc(N=C=O)cc(N=C=O)c1Cl. The Kier molecular flexibility index (Phi) is 3.32. The standard InChI is InChI=1S/C9H5ClN2O2/c1-6-2-7(11-4-13)3-8(9(6)10)12-5-14/h2-3H,1H3. The molecule has 0 unspecified atom stereocenters. The third-order valence-electron chi connectivity index (χ3n) is 1.56. The van der Waals surface area contributed by atoms with Gasteiger partial charge in [0.1, 0.15) is 0 Å². The third-order valence-corrected chi connectivity index (χ3v) is 2.05. The first kappa shape index (κ1) is 10.4. The van der Waals surface area contributed by atoms with Gasteiger partial charge in [-0.25, -0.2) is 9.59 Å². The van der Waals surface area contributed by atoms with E-state index in [2.05, 4.69) is 9.98 Å². The molecule has 0 aliphatic carbocycles. The molecule has 4 nitrogen and oxygen atoms in total.